The van der Waals surface area contributed by atoms with Gasteiger partial charge in [0.15, 0.2) is 10.8 Å². The van der Waals surface area contributed by atoms with Crippen LogP contribution in [0, 0.1) is 12.8 Å². The van der Waals surface area contributed by atoms with Gasteiger partial charge >= 0.3 is 12.0 Å². The van der Waals surface area contributed by atoms with E-state index in [9.17, 15) is 14.4 Å². The molecular formula is C21H24N6O5S. The fourth-order valence-corrected chi connectivity index (χ4v) is 3.35. The van der Waals surface area contributed by atoms with Crippen molar-refractivity contribution in [2.75, 3.05) is 22.6 Å². The predicted molar refractivity (Wildman–Crippen MR) is 124 cm³/mol. The van der Waals surface area contributed by atoms with Gasteiger partial charge in [0.1, 0.15) is 10.6 Å². The van der Waals surface area contributed by atoms with Crippen LogP contribution in [0.5, 0.6) is 5.75 Å². The highest BCUT2D eigenvalue weighted by Crippen LogP contribution is 2.27. The molecule has 12 heteroatoms. The number of aromatic carboxylic acids is 1. The number of carbonyl (C=O) groups is 3. The Morgan fingerprint density at radius 1 is 1.21 bits per heavy atom. The molecule has 0 saturated heterocycles. The van der Waals surface area contributed by atoms with Crippen molar-refractivity contribution < 1.29 is 24.2 Å². The lowest BCUT2D eigenvalue weighted by Crippen LogP contribution is -2.20. The Labute approximate surface area is 193 Å². The topological polar surface area (TPSA) is 147 Å². The standard InChI is InChI=1S/C21H24N6O5S/c1-11(2)10-32-15-7-12(3)5-6-13(15)24-20(31)26-21-22-8-16(33-21)17(28)25-19-23-14(18(29)30)9-27(19)4/h5-9,11H,10H2,1-4H3,(H,29,30)(H,23,25,28)(H2,22,24,26,31). The van der Waals surface area contributed by atoms with E-state index in [1.165, 1.54) is 17.0 Å². The summed E-state index contributed by atoms with van der Waals surface area (Å²) in [6.07, 6.45) is 2.59. The zero-order chi connectivity index (χ0) is 24.1. The van der Waals surface area contributed by atoms with E-state index in [-0.39, 0.29) is 21.7 Å². The number of carbonyl (C=O) groups excluding carboxylic acids is 2. The number of carboxylic acids is 1. The van der Waals surface area contributed by atoms with Crippen LogP contribution in [0.2, 0.25) is 0 Å². The number of hydrogen-bond donors (Lipinski definition) is 4. The molecule has 0 aliphatic carbocycles. The number of imidazole rings is 1. The van der Waals surface area contributed by atoms with Crippen LogP contribution < -0.4 is 20.7 Å². The third kappa shape index (κ3) is 6.29. The molecule has 0 aliphatic rings. The van der Waals surface area contributed by atoms with Crippen LogP contribution in [-0.2, 0) is 7.05 Å². The molecule has 0 spiro atoms. The van der Waals surface area contributed by atoms with Gasteiger partial charge in [0.2, 0.25) is 5.95 Å². The minimum atomic E-state index is -1.20. The van der Waals surface area contributed by atoms with Gasteiger partial charge in [-0.1, -0.05) is 31.3 Å². The van der Waals surface area contributed by atoms with Crippen LogP contribution >= 0.6 is 11.3 Å². The third-order valence-electron chi connectivity index (χ3n) is 4.23. The number of hydrogen-bond acceptors (Lipinski definition) is 7. The van der Waals surface area contributed by atoms with Crippen LogP contribution in [0.4, 0.5) is 21.6 Å². The first-order valence-electron chi connectivity index (χ1n) is 9.97. The van der Waals surface area contributed by atoms with Crippen LogP contribution in [-0.4, -0.2) is 44.2 Å². The summed E-state index contributed by atoms with van der Waals surface area (Å²) < 4.78 is 7.18. The van der Waals surface area contributed by atoms with Crippen LogP contribution in [0.25, 0.3) is 0 Å². The molecule has 0 atom stereocenters. The molecule has 0 aliphatic heterocycles. The molecule has 3 aromatic rings. The molecule has 174 valence electrons. The number of thiazole rings is 1. The Balaban J connectivity index is 1.63. The average Bonchev–Trinajstić information content (AvgIpc) is 3.35. The van der Waals surface area contributed by atoms with Gasteiger partial charge in [0.25, 0.3) is 5.91 Å². The molecule has 33 heavy (non-hydrogen) atoms. The second-order valence-corrected chi connectivity index (χ2v) is 8.66. The summed E-state index contributed by atoms with van der Waals surface area (Å²) in [6.45, 7) is 6.51. The molecule has 2 heterocycles. The Morgan fingerprint density at radius 2 is 1.97 bits per heavy atom. The fraction of sp³-hybridized carbons (Fsp3) is 0.286. The van der Waals surface area contributed by atoms with E-state index in [1.54, 1.807) is 13.1 Å². The van der Waals surface area contributed by atoms with E-state index >= 15 is 0 Å². The highest BCUT2D eigenvalue weighted by atomic mass is 32.1. The fourth-order valence-electron chi connectivity index (χ4n) is 2.64. The Bertz CT molecular complexity index is 1190. The maximum Gasteiger partial charge on any atom is 0.356 e. The van der Waals surface area contributed by atoms with Gasteiger partial charge in [-0.2, -0.15) is 0 Å². The molecule has 11 nitrogen and oxygen atoms in total. The van der Waals surface area contributed by atoms with E-state index in [0.717, 1.165) is 16.9 Å². The van der Waals surface area contributed by atoms with Crippen LogP contribution in [0.15, 0.2) is 30.6 Å². The van der Waals surface area contributed by atoms with Crippen molar-refractivity contribution in [2.45, 2.75) is 20.8 Å². The number of nitrogens with one attached hydrogen (secondary N) is 3. The van der Waals surface area contributed by atoms with Gasteiger partial charge in [-0.3, -0.25) is 15.4 Å². The molecule has 2 aromatic heterocycles. The summed E-state index contributed by atoms with van der Waals surface area (Å²) in [6, 6.07) is 4.92. The van der Waals surface area contributed by atoms with E-state index in [1.807, 2.05) is 32.9 Å². The summed E-state index contributed by atoms with van der Waals surface area (Å²) in [5, 5.41) is 17.1. The molecule has 3 amide bonds. The summed E-state index contributed by atoms with van der Waals surface area (Å²) in [7, 11) is 1.56. The van der Waals surface area contributed by atoms with Crippen LogP contribution in [0.1, 0.15) is 39.6 Å². The zero-order valence-corrected chi connectivity index (χ0v) is 19.3. The molecule has 0 saturated carbocycles. The van der Waals surface area contributed by atoms with Crippen molar-refractivity contribution in [1.29, 1.82) is 0 Å². The number of urea groups is 1. The lowest BCUT2D eigenvalue weighted by molar-refractivity contribution is 0.0690. The first-order chi connectivity index (χ1) is 15.6. The largest absolute Gasteiger partial charge is 0.491 e. The third-order valence-corrected chi connectivity index (χ3v) is 5.14. The highest BCUT2D eigenvalue weighted by molar-refractivity contribution is 7.17. The normalized spacial score (nSPS) is 10.7. The molecule has 1 aromatic carbocycles. The predicted octanol–water partition coefficient (Wildman–Crippen LogP) is 3.81. The molecule has 0 radical (unpaired) electrons. The lowest BCUT2D eigenvalue weighted by Gasteiger charge is -2.14. The van der Waals surface area contributed by atoms with Gasteiger partial charge in [-0.25, -0.2) is 19.6 Å². The van der Waals surface area contributed by atoms with Gasteiger partial charge in [-0.15, -0.1) is 0 Å². The van der Waals surface area contributed by atoms with E-state index in [0.29, 0.717) is 24.0 Å². The minimum Gasteiger partial charge on any atom is -0.491 e. The van der Waals surface area contributed by atoms with E-state index in [2.05, 4.69) is 25.9 Å². The second-order valence-electron chi connectivity index (χ2n) is 7.63. The van der Waals surface area contributed by atoms with Crippen molar-refractivity contribution in [2.24, 2.45) is 13.0 Å². The van der Waals surface area contributed by atoms with Crippen LogP contribution in [0.3, 0.4) is 0 Å². The number of amides is 3. The second kappa shape index (κ2) is 10.1. The maximum atomic E-state index is 12.5. The first kappa shape index (κ1) is 23.7. The Morgan fingerprint density at radius 3 is 2.64 bits per heavy atom. The molecule has 3 rings (SSSR count). The molecule has 0 unspecified atom stereocenters. The number of benzene rings is 1. The monoisotopic (exact) mass is 472 g/mol. The average molecular weight is 473 g/mol. The number of nitrogens with zero attached hydrogens (tertiary/aromatic N) is 3. The Kier molecular flexibility index (Phi) is 7.28. The van der Waals surface area contributed by atoms with Crippen molar-refractivity contribution >= 4 is 46.0 Å². The molecular weight excluding hydrogens is 448 g/mol. The molecule has 0 fully saturated rings. The quantitative estimate of drug-likeness (QED) is 0.390. The number of rotatable bonds is 8. The van der Waals surface area contributed by atoms with E-state index < -0.39 is 17.9 Å². The number of aryl methyl sites for hydroxylation is 2. The van der Waals surface area contributed by atoms with Gasteiger partial charge < -0.3 is 19.7 Å². The van der Waals surface area contributed by atoms with Crippen molar-refractivity contribution in [3.8, 4) is 5.75 Å². The smallest absolute Gasteiger partial charge is 0.356 e. The van der Waals surface area contributed by atoms with Gasteiger partial charge in [0.05, 0.1) is 18.5 Å². The van der Waals surface area contributed by atoms with Gasteiger partial charge in [0, 0.05) is 13.2 Å². The zero-order valence-electron chi connectivity index (χ0n) is 18.5. The summed E-state index contributed by atoms with van der Waals surface area (Å²) in [5.41, 5.74) is 1.32. The lowest BCUT2D eigenvalue weighted by atomic mass is 10.2. The summed E-state index contributed by atoms with van der Waals surface area (Å²) >= 11 is 0.959. The number of aromatic nitrogens is 3. The van der Waals surface area contributed by atoms with Crippen molar-refractivity contribution in [3.05, 3.63) is 46.7 Å². The minimum absolute atomic E-state index is 0.0753. The summed E-state index contributed by atoms with van der Waals surface area (Å²) in [4.78, 5) is 44.0. The first-order valence-corrected chi connectivity index (χ1v) is 10.8. The number of carboxylic acid groups (broad SMARTS) is 1. The molecule has 4 N–H and O–H groups in total. The number of ether oxygens (including phenoxy) is 1. The Hall–Kier alpha value is -3.93. The SMILES string of the molecule is Cc1ccc(NC(=O)Nc2ncc(C(=O)Nc3nc(C(=O)O)cn3C)s2)c(OCC(C)C)c1. The highest BCUT2D eigenvalue weighted by Gasteiger charge is 2.17. The summed E-state index contributed by atoms with van der Waals surface area (Å²) in [5.74, 6) is -0.768. The maximum absolute atomic E-state index is 12.5. The van der Waals surface area contributed by atoms with Crippen molar-refractivity contribution in [3.63, 3.8) is 0 Å². The van der Waals surface area contributed by atoms with Crippen molar-refractivity contribution in [1.82, 2.24) is 14.5 Å². The van der Waals surface area contributed by atoms with E-state index in [4.69, 9.17) is 9.84 Å². The van der Waals surface area contributed by atoms with Gasteiger partial charge in [-0.05, 0) is 30.5 Å². The molecule has 0 bridgehead atoms. The number of anilines is 3.